The van der Waals surface area contributed by atoms with Gasteiger partial charge in [-0.2, -0.15) is 0 Å². The number of hydrogen-bond donors (Lipinski definition) is 1. The van der Waals surface area contributed by atoms with E-state index in [4.69, 9.17) is 14.2 Å². The highest BCUT2D eigenvalue weighted by molar-refractivity contribution is 5.70. The molecule has 0 aromatic heterocycles. The molecule has 6 nitrogen and oxygen atoms in total. The van der Waals surface area contributed by atoms with E-state index in [1.165, 1.54) is 0 Å². The lowest BCUT2D eigenvalue weighted by Gasteiger charge is -2.37. The standard InChI is InChI=1S/C21H31NO5/c1-20(2,3)27-19(24)22-17(15-26-21(22,4)5)18(12-9-13-23)25-14-16-10-7-6-8-11-16/h6-12,17-18,23H,13-15H2,1-5H3/b12-9-/t17-,18+/m0/s1. The fraction of sp³-hybridized carbons (Fsp3) is 0.571. The monoisotopic (exact) mass is 377 g/mol. The van der Waals surface area contributed by atoms with Crippen molar-refractivity contribution in [2.75, 3.05) is 13.2 Å². The molecule has 1 fully saturated rings. The number of benzene rings is 1. The van der Waals surface area contributed by atoms with Crippen LogP contribution in [0, 0.1) is 0 Å². The van der Waals surface area contributed by atoms with Crippen molar-refractivity contribution in [3.05, 3.63) is 48.0 Å². The van der Waals surface area contributed by atoms with Gasteiger partial charge in [-0.15, -0.1) is 0 Å². The number of carbonyl (C=O) groups is 1. The van der Waals surface area contributed by atoms with Crippen LogP contribution in [-0.2, 0) is 20.8 Å². The minimum absolute atomic E-state index is 0.103. The zero-order chi connectivity index (χ0) is 20.1. The second-order valence-electron chi connectivity index (χ2n) is 8.05. The van der Waals surface area contributed by atoms with Gasteiger partial charge in [-0.25, -0.2) is 4.79 Å². The van der Waals surface area contributed by atoms with Crippen molar-refractivity contribution < 1.29 is 24.1 Å². The fourth-order valence-corrected chi connectivity index (χ4v) is 3.00. The van der Waals surface area contributed by atoms with E-state index in [9.17, 15) is 9.90 Å². The number of nitrogens with zero attached hydrogens (tertiary/aromatic N) is 1. The molecule has 2 atom stereocenters. The third kappa shape index (κ3) is 6.06. The van der Waals surface area contributed by atoms with Crippen molar-refractivity contribution in [2.45, 2.75) is 64.7 Å². The molecule has 0 bridgehead atoms. The maximum Gasteiger partial charge on any atom is 0.413 e. The van der Waals surface area contributed by atoms with Crippen LogP contribution in [0.2, 0.25) is 0 Å². The molecule has 1 saturated heterocycles. The van der Waals surface area contributed by atoms with Crippen molar-refractivity contribution in [3.8, 4) is 0 Å². The maximum atomic E-state index is 12.8. The summed E-state index contributed by atoms with van der Waals surface area (Å²) < 4.78 is 17.5. The van der Waals surface area contributed by atoms with Crippen LogP contribution in [0.1, 0.15) is 40.2 Å². The van der Waals surface area contributed by atoms with E-state index < -0.39 is 23.5 Å². The third-order valence-electron chi connectivity index (χ3n) is 4.20. The molecular weight excluding hydrogens is 346 g/mol. The predicted octanol–water partition coefficient (Wildman–Crippen LogP) is 3.49. The number of amides is 1. The van der Waals surface area contributed by atoms with Crippen LogP contribution in [0.15, 0.2) is 42.5 Å². The second-order valence-corrected chi connectivity index (χ2v) is 8.05. The molecule has 1 N–H and O–H groups in total. The van der Waals surface area contributed by atoms with Gasteiger partial charge in [0, 0.05) is 0 Å². The highest BCUT2D eigenvalue weighted by atomic mass is 16.6. The lowest BCUT2D eigenvalue weighted by Crippen LogP contribution is -2.53. The van der Waals surface area contributed by atoms with Crippen molar-refractivity contribution in [1.82, 2.24) is 4.90 Å². The average Bonchev–Trinajstić information content (AvgIpc) is 2.89. The first-order valence-electron chi connectivity index (χ1n) is 9.23. The van der Waals surface area contributed by atoms with E-state index in [0.717, 1.165) is 5.56 Å². The van der Waals surface area contributed by atoms with Gasteiger partial charge in [-0.05, 0) is 40.2 Å². The van der Waals surface area contributed by atoms with Gasteiger partial charge in [-0.1, -0.05) is 42.5 Å². The molecule has 1 amide bonds. The summed E-state index contributed by atoms with van der Waals surface area (Å²) in [6.45, 7) is 9.77. The number of ether oxygens (including phenoxy) is 3. The minimum atomic E-state index is -0.811. The van der Waals surface area contributed by atoms with Crippen LogP contribution in [0.5, 0.6) is 0 Å². The Balaban J connectivity index is 2.20. The van der Waals surface area contributed by atoms with Crippen LogP contribution in [-0.4, -0.2) is 52.8 Å². The quantitative estimate of drug-likeness (QED) is 0.769. The molecule has 1 heterocycles. The van der Waals surface area contributed by atoms with Gasteiger partial charge in [0.2, 0.25) is 0 Å². The van der Waals surface area contributed by atoms with E-state index in [2.05, 4.69) is 0 Å². The Hall–Kier alpha value is -1.89. The fourth-order valence-electron chi connectivity index (χ4n) is 3.00. The summed E-state index contributed by atoms with van der Waals surface area (Å²) in [7, 11) is 0. The lowest BCUT2D eigenvalue weighted by molar-refractivity contribution is -0.0698. The molecule has 0 unspecified atom stereocenters. The van der Waals surface area contributed by atoms with Crippen LogP contribution in [0.3, 0.4) is 0 Å². The number of rotatable bonds is 6. The first kappa shape index (κ1) is 21.4. The Morgan fingerprint density at radius 3 is 2.63 bits per heavy atom. The van der Waals surface area contributed by atoms with E-state index in [-0.39, 0.29) is 12.6 Å². The largest absolute Gasteiger partial charge is 0.444 e. The third-order valence-corrected chi connectivity index (χ3v) is 4.20. The Bertz CT molecular complexity index is 636. The molecule has 0 aliphatic carbocycles. The highest BCUT2D eigenvalue weighted by Gasteiger charge is 2.48. The molecule has 1 aromatic carbocycles. The molecule has 6 heteroatoms. The number of hydrogen-bond acceptors (Lipinski definition) is 5. The molecule has 1 aliphatic rings. The van der Waals surface area contributed by atoms with Crippen LogP contribution >= 0.6 is 0 Å². The van der Waals surface area contributed by atoms with Crippen molar-refractivity contribution in [3.63, 3.8) is 0 Å². The smallest absolute Gasteiger partial charge is 0.413 e. The summed E-state index contributed by atoms with van der Waals surface area (Å²) in [5, 5.41) is 9.19. The van der Waals surface area contributed by atoms with Gasteiger partial charge in [0.15, 0.2) is 0 Å². The van der Waals surface area contributed by atoms with Gasteiger partial charge in [-0.3, -0.25) is 4.90 Å². The topological polar surface area (TPSA) is 68.2 Å². The lowest BCUT2D eigenvalue weighted by atomic mass is 10.1. The summed E-state index contributed by atoms with van der Waals surface area (Å²) in [6, 6.07) is 9.45. The molecule has 0 saturated carbocycles. The molecule has 1 aromatic rings. The average molecular weight is 377 g/mol. The predicted molar refractivity (Wildman–Crippen MR) is 103 cm³/mol. The molecule has 27 heavy (non-hydrogen) atoms. The molecule has 150 valence electrons. The first-order chi connectivity index (χ1) is 12.6. The summed E-state index contributed by atoms with van der Waals surface area (Å²) in [4.78, 5) is 14.4. The van der Waals surface area contributed by atoms with Gasteiger partial charge in [0.05, 0.1) is 32.0 Å². The Labute approximate surface area is 161 Å². The summed E-state index contributed by atoms with van der Waals surface area (Å²) in [5.74, 6) is 0. The highest BCUT2D eigenvalue weighted by Crippen LogP contribution is 2.32. The van der Waals surface area contributed by atoms with Gasteiger partial charge in [0.1, 0.15) is 11.3 Å². The van der Waals surface area contributed by atoms with Crippen LogP contribution in [0.25, 0.3) is 0 Å². The number of aliphatic hydroxyl groups excluding tert-OH is 1. The van der Waals surface area contributed by atoms with Crippen LogP contribution in [0.4, 0.5) is 4.79 Å². The van der Waals surface area contributed by atoms with Crippen molar-refractivity contribution in [2.24, 2.45) is 0 Å². The van der Waals surface area contributed by atoms with Crippen LogP contribution < -0.4 is 0 Å². The maximum absolute atomic E-state index is 12.8. The molecule has 1 aliphatic heterocycles. The second kappa shape index (κ2) is 8.87. The van der Waals surface area contributed by atoms with E-state index in [0.29, 0.717) is 13.2 Å². The normalized spacial score (nSPS) is 20.8. The minimum Gasteiger partial charge on any atom is -0.444 e. The molecule has 0 radical (unpaired) electrons. The molecule has 2 rings (SSSR count). The molecule has 0 spiro atoms. The summed E-state index contributed by atoms with van der Waals surface area (Å²) in [5.41, 5.74) is -0.391. The van der Waals surface area contributed by atoms with Crippen molar-refractivity contribution >= 4 is 6.09 Å². The Kier molecular flexibility index (Phi) is 7.03. The zero-order valence-corrected chi connectivity index (χ0v) is 16.8. The Morgan fingerprint density at radius 1 is 1.37 bits per heavy atom. The van der Waals surface area contributed by atoms with E-state index >= 15 is 0 Å². The summed E-state index contributed by atoms with van der Waals surface area (Å²) in [6.07, 6.45) is 2.51. The molecular formula is C21H31NO5. The van der Waals surface area contributed by atoms with Gasteiger partial charge < -0.3 is 19.3 Å². The summed E-state index contributed by atoms with van der Waals surface area (Å²) >= 11 is 0. The van der Waals surface area contributed by atoms with Gasteiger partial charge in [0.25, 0.3) is 0 Å². The van der Waals surface area contributed by atoms with Crippen molar-refractivity contribution in [1.29, 1.82) is 0 Å². The first-order valence-corrected chi connectivity index (χ1v) is 9.23. The van der Waals surface area contributed by atoms with E-state index in [1.54, 1.807) is 17.1 Å². The number of aliphatic hydroxyl groups is 1. The SMILES string of the molecule is CC(C)(C)OC(=O)N1[C@H]([C@@H](/C=C\CO)OCc2ccccc2)COC1(C)C. The Morgan fingerprint density at radius 2 is 2.04 bits per heavy atom. The number of carbonyl (C=O) groups excluding carboxylic acids is 1. The van der Waals surface area contributed by atoms with E-state index in [1.807, 2.05) is 65.0 Å². The van der Waals surface area contributed by atoms with Gasteiger partial charge >= 0.3 is 6.09 Å². The zero-order valence-electron chi connectivity index (χ0n) is 16.8.